The van der Waals surface area contributed by atoms with Crippen LogP contribution in [-0.2, 0) is 11.2 Å². The number of carbonyl (C=O) groups excluding carboxylic acids is 1. The van der Waals surface area contributed by atoms with Gasteiger partial charge < -0.3 is 29.7 Å². The fraction of sp³-hybridized carbons (Fsp3) is 0.233. The molecule has 3 heterocycles. The molecule has 0 unspecified atom stereocenters. The minimum atomic E-state index is -0.262. The highest BCUT2D eigenvalue weighted by atomic mass is 16.5. The summed E-state index contributed by atoms with van der Waals surface area (Å²) in [6.07, 6.45) is 0.592. The summed E-state index contributed by atoms with van der Waals surface area (Å²) in [5.74, 6) is 2.06. The molecule has 9 nitrogen and oxygen atoms in total. The average Bonchev–Trinajstić information content (AvgIpc) is 3.57. The fourth-order valence-corrected chi connectivity index (χ4v) is 4.83. The highest BCUT2D eigenvalue weighted by Crippen LogP contribution is 2.26. The quantitative estimate of drug-likeness (QED) is 0.279. The number of nitrogens with zero attached hydrogens (tertiary/aromatic N) is 3. The molecule has 0 aliphatic carbocycles. The molecule has 0 spiro atoms. The molecule has 1 fully saturated rings. The van der Waals surface area contributed by atoms with Gasteiger partial charge in [0.1, 0.15) is 23.1 Å². The Hall–Kier alpha value is -4.63. The Balaban J connectivity index is 1.15. The second kappa shape index (κ2) is 10.6. The number of hydrogen-bond acceptors (Lipinski definition) is 6. The first-order chi connectivity index (χ1) is 19.1. The van der Waals surface area contributed by atoms with E-state index in [1.807, 2.05) is 49.4 Å². The number of nitrogens with one attached hydrogen (secondary N) is 3. The molecule has 0 radical (unpaired) electrons. The number of imidazole rings is 2. The topological polar surface area (TPSA) is 108 Å². The van der Waals surface area contributed by atoms with Crippen molar-refractivity contribution in [1.29, 1.82) is 0 Å². The minimum Gasteiger partial charge on any atom is -0.497 e. The number of ether oxygens (including phenoxy) is 2. The van der Waals surface area contributed by atoms with Crippen LogP contribution in [0.15, 0.2) is 66.7 Å². The Bertz CT molecular complexity index is 1600. The lowest BCUT2D eigenvalue weighted by Gasteiger charge is -2.28. The number of carbonyl (C=O) groups is 1. The van der Waals surface area contributed by atoms with Crippen molar-refractivity contribution in [3.63, 3.8) is 0 Å². The number of aromatic amines is 2. The largest absolute Gasteiger partial charge is 0.497 e. The van der Waals surface area contributed by atoms with Gasteiger partial charge in [0.15, 0.2) is 0 Å². The van der Waals surface area contributed by atoms with E-state index in [0.717, 1.165) is 71.6 Å². The number of aryl methyl sites for hydroxylation is 1. The van der Waals surface area contributed by atoms with E-state index in [9.17, 15) is 4.79 Å². The van der Waals surface area contributed by atoms with Gasteiger partial charge in [-0.3, -0.25) is 4.79 Å². The number of amides is 1. The van der Waals surface area contributed by atoms with Crippen LogP contribution in [0.2, 0.25) is 0 Å². The van der Waals surface area contributed by atoms with E-state index in [4.69, 9.17) is 14.5 Å². The molecule has 1 amide bonds. The van der Waals surface area contributed by atoms with Gasteiger partial charge >= 0.3 is 0 Å². The molecular formula is C30H30N6O3. The van der Waals surface area contributed by atoms with Crippen molar-refractivity contribution >= 4 is 28.3 Å². The number of H-pyrrole nitrogens is 2. The molecule has 198 valence electrons. The third-order valence-electron chi connectivity index (χ3n) is 6.94. The van der Waals surface area contributed by atoms with Gasteiger partial charge in [-0.2, -0.15) is 0 Å². The zero-order chi connectivity index (χ0) is 26.8. The van der Waals surface area contributed by atoms with Crippen LogP contribution in [-0.4, -0.2) is 59.3 Å². The van der Waals surface area contributed by atoms with Crippen molar-refractivity contribution in [2.45, 2.75) is 13.3 Å². The van der Waals surface area contributed by atoms with Crippen LogP contribution < -0.4 is 15.0 Å². The first kappa shape index (κ1) is 24.7. The molecule has 3 aromatic carbocycles. The molecule has 9 heteroatoms. The maximum absolute atomic E-state index is 13.1. The summed E-state index contributed by atoms with van der Waals surface area (Å²) < 4.78 is 10.7. The summed E-state index contributed by atoms with van der Waals surface area (Å²) in [5, 5.41) is 2.97. The molecule has 3 N–H and O–H groups in total. The van der Waals surface area contributed by atoms with Crippen LogP contribution >= 0.6 is 0 Å². The van der Waals surface area contributed by atoms with Gasteiger partial charge in [0.25, 0.3) is 5.91 Å². The Morgan fingerprint density at radius 3 is 2.51 bits per heavy atom. The van der Waals surface area contributed by atoms with Crippen molar-refractivity contribution in [3.05, 3.63) is 89.5 Å². The van der Waals surface area contributed by atoms with Gasteiger partial charge in [0.05, 0.1) is 31.4 Å². The van der Waals surface area contributed by atoms with Gasteiger partial charge in [0.2, 0.25) is 0 Å². The molecule has 5 aromatic rings. The van der Waals surface area contributed by atoms with Crippen LogP contribution in [0, 0.1) is 6.92 Å². The monoisotopic (exact) mass is 522 g/mol. The Labute approximate surface area is 226 Å². The second-order valence-electron chi connectivity index (χ2n) is 9.60. The number of morpholine rings is 1. The average molecular weight is 523 g/mol. The van der Waals surface area contributed by atoms with Crippen molar-refractivity contribution < 1.29 is 14.3 Å². The number of rotatable bonds is 7. The number of anilines is 2. The van der Waals surface area contributed by atoms with E-state index in [1.54, 1.807) is 7.11 Å². The molecule has 0 bridgehead atoms. The van der Waals surface area contributed by atoms with Gasteiger partial charge in [-0.1, -0.05) is 12.1 Å². The van der Waals surface area contributed by atoms with Crippen LogP contribution in [0.3, 0.4) is 0 Å². The molecule has 1 aliphatic heterocycles. The van der Waals surface area contributed by atoms with Crippen molar-refractivity contribution in [3.8, 4) is 17.1 Å². The van der Waals surface area contributed by atoms with Gasteiger partial charge in [-0.25, -0.2) is 9.97 Å². The second-order valence-corrected chi connectivity index (χ2v) is 9.60. The minimum absolute atomic E-state index is 0.262. The molecule has 39 heavy (non-hydrogen) atoms. The lowest BCUT2D eigenvalue weighted by Crippen LogP contribution is -2.36. The number of hydrogen-bond donors (Lipinski definition) is 3. The Kier molecular flexibility index (Phi) is 6.73. The van der Waals surface area contributed by atoms with E-state index >= 15 is 0 Å². The third kappa shape index (κ3) is 5.35. The molecule has 2 aromatic heterocycles. The Morgan fingerprint density at radius 1 is 1.00 bits per heavy atom. The van der Waals surface area contributed by atoms with E-state index in [2.05, 4.69) is 49.4 Å². The Morgan fingerprint density at radius 2 is 1.77 bits per heavy atom. The van der Waals surface area contributed by atoms with Gasteiger partial charge in [-0.15, -0.1) is 0 Å². The smallest absolute Gasteiger partial charge is 0.276 e. The highest BCUT2D eigenvalue weighted by Gasteiger charge is 2.17. The van der Waals surface area contributed by atoms with E-state index in [-0.39, 0.29) is 5.91 Å². The van der Waals surface area contributed by atoms with E-state index in [0.29, 0.717) is 17.8 Å². The fourth-order valence-electron chi connectivity index (χ4n) is 4.83. The number of aromatic nitrogens is 4. The van der Waals surface area contributed by atoms with E-state index in [1.165, 1.54) is 5.69 Å². The SMILES string of the molecule is COc1ccc(Cc2nc(C(=O)Nc3ccc4nc(-c5ccc(N6CCOCC6)cc5)[nH]c4c3)c(C)[nH]2)cc1. The lowest BCUT2D eigenvalue weighted by molar-refractivity contribution is 0.102. The standard InChI is InChI=1S/C30H30N6O3/c1-19-28(35-27(31-19)17-20-3-10-24(38-2)11-4-20)30(37)32-22-7-12-25-26(18-22)34-29(33-25)21-5-8-23(9-6-21)36-13-15-39-16-14-36/h3-12,18H,13-17H2,1-2H3,(H,31,35)(H,32,37)(H,33,34). The summed E-state index contributed by atoms with van der Waals surface area (Å²) in [7, 11) is 1.64. The predicted molar refractivity (Wildman–Crippen MR) is 152 cm³/mol. The van der Waals surface area contributed by atoms with Crippen molar-refractivity contribution in [2.24, 2.45) is 0 Å². The molecule has 1 saturated heterocycles. The summed E-state index contributed by atoms with van der Waals surface area (Å²) >= 11 is 0. The molecule has 0 saturated carbocycles. The van der Waals surface area contributed by atoms with Crippen molar-refractivity contribution in [2.75, 3.05) is 43.6 Å². The first-order valence-electron chi connectivity index (χ1n) is 13.0. The van der Waals surface area contributed by atoms with Crippen LogP contribution in [0.25, 0.3) is 22.4 Å². The lowest BCUT2D eigenvalue weighted by atomic mass is 10.1. The first-order valence-corrected chi connectivity index (χ1v) is 13.0. The van der Waals surface area contributed by atoms with E-state index < -0.39 is 0 Å². The van der Waals surface area contributed by atoms with Gasteiger partial charge in [0, 0.05) is 42.1 Å². The maximum atomic E-state index is 13.1. The zero-order valence-corrected chi connectivity index (χ0v) is 22.0. The van der Waals surface area contributed by atoms with Crippen molar-refractivity contribution in [1.82, 2.24) is 19.9 Å². The maximum Gasteiger partial charge on any atom is 0.276 e. The number of methoxy groups -OCH3 is 1. The summed E-state index contributed by atoms with van der Waals surface area (Å²) in [6.45, 7) is 5.18. The molecule has 1 aliphatic rings. The molecular weight excluding hydrogens is 492 g/mol. The van der Waals surface area contributed by atoms with Crippen LogP contribution in [0.1, 0.15) is 27.6 Å². The third-order valence-corrected chi connectivity index (χ3v) is 6.94. The van der Waals surface area contributed by atoms with Crippen LogP contribution in [0.4, 0.5) is 11.4 Å². The zero-order valence-electron chi connectivity index (χ0n) is 22.0. The normalized spacial score (nSPS) is 13.5. The highest BCUT2D eigenvalue weighted by molar-refractivity contribution is 6.04. The molecule has 0 atom stereocenters. The predicted octanol–water partition coefficient (Wildman–Crippen LogP) is 4.95. The summed E-state index contributed by atoms with van der Waals surface area (Å²) in [6, 6.07) is 21.9. The number of fused-ring (bicyclic) bond motifs is 1. The van der Waals surface area contributed by atoms with Crippen LogP contribution in [0.5, 0.6) is 5.75 Å². The van der Waals surface area contributed by atoms with Gasteiger partial charge in [-0.05, 0) is 67.1 Å². The summed E-state index contributed by atoms with van der Waals surface area (Å²) in [4.78, 5) is 31.3. The summed E-state index contributed by atoms with van der Waals surface area (Å²) in [5.41, 5.74) is 6.72. The number of benzene rings is 3. The molecule has 6 rings (SSSR count).